The largest absolute Gasteiger partial charge is 0.348 e. The first-order chi connectivity index (χ1) is 14.8. The average molecular weight is 444 g/mol. The van der Waals surface area contributed by atoms with E-state index in [1.807, 2.05) is 0 Å². The van der Waals surface area contributed by atoms with Crippen molar-refractivity contribution in [3.8, 4) is 0 Å². The van der Waals surface area contributed by atoms with Crippen molar-refractivity contribution in [1.29, 1.82) is 0 Å². The van der Waals surface area contributed by atoms with Gasteiger partial charge in [0.05, 0.1) is 4.90 Å². The van der Waals surface area contributed by atoms with Gasteiger partial charge in [0.1, 0.15) is 0 Å². The van der Waals surface area contributed by atoms with E-state index < -0.39 is 10.0 Å². The minimum Gasteiger partial charge on any atom is -0.348 e. The lowest BCUT2D eigenvalue weighted by atomic mass is 10.1. The zero-order chi connectivity index (χ0) is 22.6. The molecule has 166 valence electrons. The Morgan fingerprint density at radius 2 is 1.58 bits per heavy atom. The van der Waals surface area contributed by atoms with Crippen LogP contribution in [0.25, 0.3) is 0 Å². The zero-order valence-corrected chi connectivity index (χ0v) is 18.9. The molecule has 7 nitrogen and oxygen atoms in total. The molecule has 0 aromatic heterocycles. The molecule has 1 aliphatic rings. The summed E-state index contributed by atoms with van der Waals surface area (Å²) in [5.74, 6) is 0.317. The summed E-state index contributed by atoms with van der Waals surface area (Å²) in [5.41, 5.74) is 1.96. The molecule has 0 heterocycles. The molecule has 0 radical (unpaired) electrons. The van der Waals surface area contributed by atoms with Crippen LogP contribution in [0.5, 0.6) is 0 Å². The molecule has 0 aliphatic heterocycles. The third kappa shape index (κ3) is 5.51. The maximum Gasteiger partial charge on any atom is 0.251 e. The van der Waals surface area contributed by atoms with Crippen LogP contribution in [0.3, 0.4) is 0 Å². The van der Waals surface area contributed by atoms with Gasteiger partial charge in [-0.2, -0.15) is 4.31 Å². The van der Waals surface area contributed by atoms with Crippen molar-refractivity contribution in [3.05, 3.63) is 59.7 Å². The summed E-state index contributed by atoms with van der Waals surface area (Å²) in [7, 11) is -3.49. The van der Waals surface area contributed by atoms with Crippen molar-refractivity contribution in [2.75, 3.05) is 18.4 Å². The first-order valence-corrected chi connectivity index (χ1v) is 12.0. The number of anilines is 1. The third-order valence-corrected chi connectivity index (χ3v) is 7.64. The molecule has 2 N–H and O–H groups in total. The predicted octanol–water partition coefficient (Wildman–Crippen LogP) is 3.24. The van der Waals surface area contributed by atoms with Crippen LogP contribution in [0, 0.1) is 11.8 Å². The number of carbonyl (C=O) groups excluding carboxylic acids is 2. The number of sulfonamides is 1. The number of hydrogen-bond donors (Lipinski definition) is 2. The molecule has 0 saturated heterocycles. The van der Waals surface area contributed by atoms with E-state index in [0.717, 1.165) is 12.0 Å². The summed E-state index contributed by atoms with van der Waals surface area (Å²) in [6.45, 7) is 6.77. The van der Waals surface area contributed by atoms with Gasteiger partial charge < -0.3 is 10.6 Å². The van der Waals surface area contributed by atoms with Crippen LogP contribution >= 0.6 is 0 Å². The fourth-order valence-corrected chi connectivity index (χ4v) is 4.86. The Morgan fingerprint density at radius 1 is 1.00 bits per heavy atom. The third-order valence-electron chi connectivity index (χ3n) is 5.58. The van der Waals surface area contributed by atoms with Gasteiger partial charge in [0.15, 0.2) is 0 Å². The summed E-state index contributed by atoms with van der Waals surface area (Å²) in [5, 5.41) is 5.70. The summed E-state index contributed by atoms with van der Waals surface area (Å²) < 4.78 is 26.5. The van der Waals surface area contributed by atoms with Crippen LogP contribution < -0.4 is 10.6 Å². The SMILES string of the molecule is CCN(CC)S(=O)(=O)c1ccc(CNC(=O)c2ccc(NC(=O)C3CC3C)cc2)cc1. The molecular weight excluding hydrogens is 414 g/mol. The van der Waals surface area contributed by atoms with Gasteiger partial charge in [0.2, 0.25) is 15.9 Å². The number of nitrogens with one attached hydrogen (secondary N) is 2. The maximum atomic E-state index is 12.5. The van der Waals surface area contributed by atoms with Crippen LogP contribution in [0.2, 0.25) is 0 Å². The standard InChI is InChI=1S/C23H29N3O4S/c1-4-26(5-2)31(29,30)20-12-6-17(7-13-20)15-24-22(27)18-8-10-19(11-9-18)25-23(28)21-14-16(21)3/h6-13,16,21H,4-5,14-15H2,1-3H3,(H,24,27)(H,25,28). The highest BCUT2D eigenvalue weighted by atomic mass is 32.2. The minimum atomic E-state index is -3.49. The molecule has 2 unspecified atom stereocenters. The van der Waals surface area contributed by atoms with E-state index in [2.05, 4.69) is 17.6 Å². The van der Waals surface area contributed by atoms with Gasteiger partial charge in [0, 0.05) is 36.8 Å². The second-order valence-corrected chi connectivity index (χ2v) is 9.74. The highest BCUT2D eigenvalue weighted by molar-refractivity contribution is 7.89. The van der Waals surface area contributed by atoms with Gasteiger partial charge >= 0.3 is 0 Å². The molecule has 3 rings (SSSR count). The molecular formula is C23H29N3O4S. The van der Waals surface area contributed by atoms with E-state index in [1.54, 1.807) is 62.4 Å². The molecule has 2 aromatic carbocycles. The van der Waals surface area contributed by atoms with Crippen LogP contribution in [0.4, 0.5) is 5.69 Å². The molecule has 31 heavy (non-hydrogen) atoms. The summed E-state index contributed by atoms with van der Waals surface area (Å²) in [6, 6.07) is 13.3. The molecule has 2 amide bonds. The van der Waals surface area contributed by atoms with Gasteiger partial charge in [-0.15, -0.1) is 0 Å². The summed E-state index contributed by atoms with van der Waals surface area (Å²) >= 11 is 0. The first kappa shape index (κ1) is 23.0. The molecule has 0 bridgehead atoms. The number of amides is 2. The van der Waals surface area contributed by atoms with Crippen molar-refractivity contribution >= 4 is 27.5 Å². The highest BCUT2D eigenvalue weighted by Crippen LogP contribution is 2.38. The van der Waals surface area contributed by atoms with E-state index in [4.69, 9.17) is 0 Å². The second-order valence-electron chi connectivity index (χ2n) is 7.80. The van der Waals surface area contributed by atoms with Crippen molar-refractivity contribution in [2.24, 2.45) is 11.8 Å². The van der Waals surface area contributed by atoms with Crippen LogP contribution in [0.15, 0.2) is 53.4 Å². The average Bonchev–Trinajstić information content (AvgIpc) is 3.50. The van der Waals surface area contributed by atoms with E-state index in [-0.39, 0.29) is 29.2 Å². The Balaban J connectivity index is 1.55. The lowest BCUT2D eigenvalue weighted by Gasteiger charge is -2.18. The monoisotopic (exact) mass is 443 g/mol. The van der Waals surface area contributed by atoms with E-state index in [9.17, 15) is 18.0 Å². The Bertz CT molecular complexity index is 1030. The minimum absolute atomic E-state index is 0.0242. The van der Waals surface area contributed by atoms with Crippen molar-refractivity contribution in [2.45, 2.75) is 38.6 Å². The number of carbonyl (C=O) groups is 2. The number of hydrogen-bond acceptors (Lipinski definition) is 4. The lowest BCUT2D eigenvalue weighted by Crippen LogP contribution is -2.30. The fourth-order valence-electron chi connectivity index (χ4n) is 3.40. The van der Waals surface area contributed by atoms with E-state index in [1.165, 1.54) is 4.31 Å². The van der Waals surface area contributed by atoms with E-state index in [0.29, 0.717) is 30.3 Å². The molecule has 2 aromatic rings. The fraction of sp³-hybridized carbons (Fsp3) is 0.391. The van der Waals surface area contributed by atoms with Crippen LogP contribution in [-0.2, 0) is 21.4 Å². The molecule has 1 fully saturated rings. The Labute approximate surface area is 183 Å². The second kappa shape index (κ2) is 9.62. The van der Waals surface area contributed by atoms with Gasteiger partial charge in [-0.05, 0) is 54.3 Å². The Hall–Kier alpha value is -2.71. The van der Waals surface area contributed by atoms with Crippen molar-refractivity contribution < 1.29 is 18.0 Å². The highest BCUT2D eigenvalue weighted by Gasteiger charge is 2.39. The first-order valence-electron chi connectivity index (χ1n) is 10.5. The number of benzene rings is 2. The molecule has 2 atom stereocenters. The quantitative estimate of drug-likeness (QED) is 0.622. The summed E-state index contributed by atoms with van der Waals surface area (Å²) in [6.07, 6.45) is 0.925. The van der Waals surface area contributed by atoms with Crippen LogP contribution in [-0.4, -0.2) is 37.6 Å². The van der Waals surface area contributed by atoms with Crippen molar-refractivity contribution in [3.63, 3.8) is 0 Å². The predicted molar refractivity (Wildman–Crippen MR) is 120 cm³/mol. The van der Waals surface area contributed by atoms with Gasteiger partial charge in [-0.25, -0.2) is 8.42 Å². The topological polar surface area (TPSA) is 95.6 Å². The normalized spacial score (nSPS) is 17.9. The van der Waals surface area contributed by atoms with Gasteiger partial charge in [-0.3, -0.25) is 9.59 Å². The Morgan fingerprint density at radius 3 is 2.10 bits per heavy atom. The Kier molecular flexibility index (Phi) is 7.12. The molecule has 1 aliphatic carbocycles. The lowest BCUT2D eigenvalue weighted by molar-refractivity contribution is -0.117. The molecule has 0 spiro atoms. The van der Waals surface area contributed by atoms with E-state index >= 15 is 0 Å². The van der Waals surface area contributed by atoms with Crippen LogP contribution in [0.1, 0.15) is 43.1 Å². The maximum absolute atomic E-state index is 12.5. The van der Waals surface area contributed by atoms with Gasteiger partial charge in [0.25, 0.3) is 5.91 Å². The molecule has 1 saturated carbocycles. The number of nitrogens with zero attached hydrogens (tertiary/aromatic N) is 1. The number of rotatable bonds is 9. The summed E-state index contributed by atoms with van der Waals surface area (Å²) in [4.78, 5) is 24.6. The zero-order valence-electron chi connectivity index (χ0n) is 18.1. The molecule has 8 heteroatoms. The smallest absolute Gasteiger partial charge is 0.251 e. The van der Waals surface area contributed by atoms with Gasteiger partial charge in [-0.1, -0.05) is 32.9 Å². The van der Waals surface area contributed by atoms with Crippen molar-refractivity contribution in [1.82, 2.24) is 9.62 Å².